The van der Waals surface area contributed by atoms with E-state index in [4.69, 9.17) is 0 Å². The first kappa shape index (κ1) is 15.1. The fourth-order valence-corrected chi connectivity index (χ4v) is 3.88. The van der Waals surface area contributed by atoms with Gasteiger partial charge in [-0.25, -0.2) is 4.90 Å². The minimum absolute atomic E-state index is 0.270. The summed E-state index contributed by atoms with van der Waals surface area (Å²) in [4.78, 5) is 27.6. The van der Waals surface area contributed by atoms with E-state index in [1.54, 1.807) is 12.1 Å². The predicted octanol–water partition coefficient (Wildman–Crippen LogP) is 5.02. The molecular formula is C20H14BrNO2. The first-order chi connectivity index (χ1) is 11.5. The van der Waals surface area contributed by atoms with E-state index < -0.39 is 0 Å². The lowest BCUT2D eigenvalue weighted by atomic mass is 9.93. The van der Waals surface area contributed by atoms with Crippen LogP contribution < -0.4 is 4.90 Å². The molecule has 0 saturated heterocycles. The SMILES string of the molecule is Cc1cccc(C)c1N1C(=O)c2cccc3c(Br)ccc(c23)C1=O. The highest BCUT2D eigenvalue weighted by Gasteiger charge is 2.35. The van der Waals surface area contributed by atoms with Gasteiger partial charge in [-0.15, -0.1) is 0 Å². The fraction of sp³-hybridized carbons (Fsp3) is 0.100. The minimum Gasteiger partial charge on any atom is -0.268 e. The average molecular weight is 380 g/mol. The van der Waals surface area contributed by atoms with Crippen molar-refractivity contribution in [3.63, 3.8) is 0 Å². The van der Waals surface area contributed by atoms with Crippen molar-refractivity contribution in [2.24, 2.45) is 0 Å². The number of carbonyl (C=O) groups excluding carboxylic acids is 2. The maximum atomic E-state index is 13.1. The number of para-hydroxylation sites is 1. The Labute approximate surface area is 148 Å². The molecule has 0 fully saturated rings. The summed E-state index contributed by atoms with van der Waals surface area (Å²) in [6, 6.07) is 15.0. The van der Waals surface area contributed by atoms with Gasteiger partial charge in [-0.1, -0.05) is 46.3 Å². The summed E-state index contributed by atoms with van der Waals surface area (Å²) in [6.45, 7) is 3.83. The molecule has 2 amide bonds. The molecule has 0 N–H and O–H groups in total. The Morgan fingerprint density at radius 1 is 0.792 bits per heavy atom. The first-order valence-electron chi connectivity index (χ1n) is 7.67. The van der Waals surface area contributed by atoms with E-state index in [0.717, 1.165) is 26.4 Å². The van der Waals surface area contributed by atoms with Gasteiger partial charge in [0.2, 0.25) is 0 Å². The summed E-state index contributed by atoms with van der Waals surface area (Å²) in [5.74, 6) is -0.540. The lowest BCUT2D eigenvalue weighted by Crippen LogP contribution is -2.41. The highest BCUT2D eigenvalue weighted by atomic mass is 79.9. The molecule has 0 bridgehead atoms. The number of halogens is 1. The molecule has 1 aliphatic heterocycles. The maximum Gasteiger partial charge on any atom is 0.266 e. The molecule has 1 aliphatic rings. The molecule has 0 saturated carbocycles. The second-order valence-corrected chi connectivity index (χ2v) is 6.86. The maximum absolute atomic E-state index is 13.1. The number of carbonyl (C=O) groups is 2. The van der Waals surface area contributed by atoms with Crippen LogP contribution in [-0.4, -0.2) is 11.8 Å². The van der Waals surface area contributed by atoms with Crippen molar-refractivity contribution in [1.29, 1.82) is 0 Å². The zero-order chi connectivity index (χ0) is 17.0. The summed E-state index contributed by atoms with van der Waals surface area (Å²) in [7, 11) is 0. The van der Waals surface area contributed by atoms with Gasteiger partial charge < -0.3 is 0 Å². The van der Waals surface area contributed by atoms with Crippen molar-refractivity contribution in [3.8, 4) is 0 Å². The molecule has 0 spiro atoms. The van der Waals surface area contributed by atoms with Crippen LogP contribution in [0.25, 0.3) is 10.8 Å². The van der Waals surface area contributed by atoms with Gasteiger partial charge in [0.1, 0.15) is 0 Å². The van der Waals surface area contributed by atoms with Gasteiger partial charge in [0.05, 0.1) is 5.69 Å². The van der Waals surface area contributed by atoms with Crippen molar-refractivity contribution in [1.82, 2.24) is 0 Å². The van der Waals surface area contributed by atoms with Crippen LogP contribution in [0.4, 0.5) is 5.69 Å². The number of benzene rings is 3. The predicted molar refractivity (Wildman–Crippen MR) is 98.7 cm³/mol. The van der Waals surface area contributed by atoms with Crippen LogP contribution in [0.2, 0.25) is 0 Å². The molecule has 3 aromatic rings. The third kappa shape index (κ3) is 1.96. The monoisotopic (exact) mass is 379 g/mol. The molecule has 4 rings (SSSR count). The van der Waals surface area contributed by atoms with Crippen molar-refractivity contribution < 1.29 is 9.59 Å². The molecule has 0 aliphatic carbocycles. The van der Waals surface area contributed by atoms with E-state index in [1.807, 2.05) is 50.2 Å². The van der Waals surface area contributed by atoms with E-state index in [2.05, 4.69) is 15.9 Å². The Hall–Kier alpha value is -2.46. The molecule has 3 aromatic carbocycles. The smallest absolute Gasteiger partial charge is 0.266 e. The molecular weight excluding hydrogens is 366 g/mol. The second-order valence-electron chi connectivity index (χ2n) is 6.01. The average Bonchev–Trinajstić information content (AvgIpc) is 2.56. The lowest BCUT2D eigenvalue weighted by Gasteiger charge is -2.29. The summed E-state index contributed by atoms with van der Waals surface area (Å²) in [6.07, 6.45) is 0. The van der Waals surface area contributed by atoms with Gasteiger partial charge in [-0.2, -0.15) is 0 Å². The summed E-state index contributed by atoms with van der Waals surface area (Å²) < 4.78 is 0.879. The Bertz CT molecular complexity index is 997. The van der Waals surface area contributed by atoms with Gasteiger partial charge in [0.25, 0.3) is 11.8 Å². The number of aryl methyl sites for hydroxylation is 2. The van der Waals surface area contributed by atoms with Gasteiger partial charge in [0, 0.05) is 21.0 Å². The number of anilines is 1. The van der Waals surface area contributed by atoms with Gasteiger partial charge in [0.15, 0.2) is 0 Å². The van der Waals surface area contributed by atoms with E-state index in [-0.39, 0.29) is 11.8 Å². The van der Waals surface area contributed by atoms with Gasteiger partial charge >= 0.3 is 0 Å². The fourth-order valence-electron chi connectivity index (χ4n) is 3.42. The van der Waals surface area contributed by atoms with Crippen molar-refractivity contribution >= 4 is 44.2 Å². The largest absolute Gasteiger partial charge is 0.268 e. The highest BCUT2D eigenvalue weighted by Crippen LogP contribution is 2.37. The van der Waals surface area contributed by atoms with Crippen molar-refractivity contribution in [3.05, 3.63) is 75.3 Å². The second kappa shape index (κ2) is 5.28. The molecule has 4 heteroatoms. The molecule has 118 valence electrons. The van der Waals surface area contributed by atoms with Crippen molar-refractivity contribution in [2.45, 2.75) is 13.8 Å². The highest BCUT2D eigenvalue weighted by molar-refractivity contribution is 9.10. The number of imide groups is 1. The molecule has 0 aromatic heterocycles. The molecule has 24 heavy (non-hydrogen) atoms. The molecule has 0 atom stereocenters. The third-order valence-corrected chi connectivity index (χ3v) is 5.21. The topological polar surface area (TPSA) is 37.4 Å². The molecule has 0 radical (unpaired) electrons. The Kier molecular flexibility index (Phi) is 3.32. The zero-order valence-corrected chi connectivity index (χ0v) is 14.8. The zero-order valence-electron chi connectivity index (χ0n) is 13.3. The molecule has 0 unspecified atom stereocenters. The quantitative estimate of drug-likeness (QED) is 0.556. The van der Waals surface area contributed by atoms with Crippen molar-refractivity contribution in [2.75, 3.05) is 4.90 Å². The number of hydrogen-bond donors (Lipinski definition) is 0. The number of amides is 2. The van der Waals surface area contributed by atoms with E-state index in [0.29, 0.717) is 16.8 Å². The summed E-state index contributed by atoms with van der Waals surface area (Å²) in [5.41, 5.74) is 3.61. The Morgan fingerprint density at radius 2 is 1.38 bits per heavy atom. The van der Waals surface area contributed by atoms with Crippen LogP contribution in [0.3, 0.4) is 0 Å². The van der Waals surface area contributed by atoms with E-state index in [1.165, 1.54) is 4.90 Å². The summed E-state index contributed by atoms with van der Waals surface area (Å²) >= 11 is 3.51. The van der Waals surface area contributed by atoms with Crippen LogP contribution in [0.15, 0.2) is 53.0 Å². The van der Waals surface area contributed by atoms with Crippen LogP contribution in [0, 0.1) is 13.8 Å². The lowest BCUT2D eigenvalue weighted by molar-refractivity contribution is 0.0893. The van der Waals surface area contributed by atoms with Crippen LogP contribution in [0.1, 0.15) is 31.8 Å². The van der Waals surface area contributed by atoms with Gasteiger partial charge in [-0.05, 0) is 48.6 Å². The molecule has 1 heterocycles. The minimum atomic E-state index is -0.270. The summed E-state index contributed by atoms with van der Waals surface area (Å²) in [5, 5.41) is 1.61. The molecule has 3 nitrogen and oxygen atoms in total. The number of hydrogen-bond acceptors (Lipinski definition) is 2. The van der Waals surface area contributed by atoms with E-state index in [9.17, 15) is 9.59 Å². The third-order valence-electron chi connectivity index (χ3n) is 4.52. The van der Waals surface area contributed by atoms with E-state index >= 15 is 0 Å². The van der Waals surface area contributed by atoms with Gasteiger partial charge in [-0.3, -0.25) is 9.59 Å². The normalized spacial score (nSPS) is 13.7. The van der Waals surface area contributed by atoms with Crippen LogP contribution in [0.5, 0.6) is 0 Å². The standard InChI is InChI=1S/C20H14BrNO2/c1-11-5-3-6-12(2)18(11)22-19(23)14-8-4-7-13-16(21)10-9-15(17(13)14)20(22)24/h3-10H,1-2H3. The number of rotatable bonds is 1. The Balaban J connectivity index is 2.05. The first-order valence-corrected chi connectivity index (χ1v) is 8.46. The Morgan fingerprint density at radius 3 is 2.04 bits per heavy atom. The van der Waals surface area contributed by atoms with Crippen LogP contribution in [-0.2, 0) is 0 Å². The number of nitrogens with zero attached hydrogens (tertiary/aromatic N) is 1. The van der Waals surface area contributed by atoms with Crippen LogP contribution >= 0.6 is 15.9 Å².